The maximum absolute atomic E-state index is 13.3. The van der Waals surface area contributed by atoms with E-state index in [9.17, 15) is 4.79 Å². The van der Waals surface area contributed by atoms with Crippen LogP contribution in [0, 0.1) is 0 Å². The number of carbonyl (C=O) groups is 1. The lowest BCUT2D eigenvalue weighted by Crippen LogP contribution is -2.29. The maximum Gasteiger partial charge on any atom is 0.266 e. The Labute approximate surface area is 221 Å². The number of thioether (sulfide) groups is 1. The predicted molar refractivity (Wildman–Crippen MR) is 152 cm³/mol. The molecule has 0 spiro atoms. The first-order valence-corrected chi connectivity index (χ1v) is 13.8. The summed E-state index contributed by atoms with van der Waals surface area (Å²) in [6.45, 7) is 2.89. The molecule has 0 aliphatic carbocycles. The molecule has 1 amide bonds. The lowest BCUT2D eigenvalue weighted by molar-refractivity contribution is -0.122. The van der Waals surface area contributed by atoms with E-state index < -0.39 is 0 Å². The molecule has 1 fully saturated rings. The number of thiocarbonyl (C=S) groups is 1. The fraction of sp³-hybridized carbons (Fsp3) is 0.276. The average Bonchev–Trinajstić information content (AvgIpc) is 3.58. The molecular formula is C29H29N3O2S2. The SMILES string of the molecule is CCCCCCCCN1C(=O)C(=Cc2cn(-c3ccccc3)nc2-c2cc3ccccc3o2)SC1=S. The van der Waals surface area contributed by atoms with Gasteiger partial charge in [-0.1, -0.05) is 99.4 Å². The van der Waals surface area contributed by atoms with Crippen molar-refractivity contribution in [1.82, 2.24) is 14.7 Å². The highest BCUT2D eigenvalue weighted by Crippen LogP contribution is 2.36. The number of aromatic nitrogens is 2. The van der Waals surface area contributed by atoms with Crippen LogP contribution in [0.4, 0.5) is 0 Å². The Kier molecular flexibility index (Phi) is 7.68. The van der Waals surface area contributed by atoms with Crippen LogP contribution in [0.15, 0.2) is 76.2 Å². The van der Waals surface area contributed by atoms with Crippen molar-refractivity contribution in [3.8, 4) is 17.1 Å². The van der Waals surface area contributed by atoms with Crippen molar-refractivity contribution in [3.05, 3.63) is 77.3 Å². The van der Waals surface area contributed by atoms with E-state index in [4.69, 9.17) is 21.7 Å². The molecule has 1 saturated heterocycles. The Hall–Kier alpha value is -3.16. The largest absolute Gasteiger partial charge is 0.454 e. The molecule has 5 nitrogen and oxygen atoms in total. The van der Waals surface area contributed by atoms with Gasteiger partial charge in [-0.3, -0.25) is 9.69 Å². The Morgan fingerprint density at radius 3 is 2.56 bits per heavy atom. The van der Waals surface area contributed by atoms with Crippen LogP contribution in [0.5, 0.6) is 0 Å². The Balaban J connectivity index is 1.43. The number of hydrogen-bond acceptors (Lipinski definition) is 5. The number of para-hydroxylation sites is 2. The minimum atomic E-state index is -0.0263. The first-order valence-electron chi connectivity index (χ1n) is 12.5. The van der Waals surface area contributed by atoms with Gasteiger partial charge in [0.1, 0.15) is 15.6 Å². The molecule has 0 N–H and O–H groups in total. The van der Waals surface area contributed by atoms with E-state index in [1.54, 1.807) is 4.90 Å². The number of rotatable bonds is 10. The molecule has 0 atom stereocenters. The molecule has 0 radical (unpaired) electrons. The molecule has 1 aliphatic heterocycles. The fourth-order valence-electron chi connectivity index (χ4n) is 4.38. The van der Waals surface area contributed by atoms with Crippen molar-refractivity contribution in [2.75, 3.05) is 6.54 Å². The lowest BCUT2D eigenvalue weighted by Gasteiger charge is -2.13. The average molecular weight is 516 g/mol. The number of fused-ring (bicyclic) bond motifs is 1. The predicted octanol–water partition coefficient (Wildman–Crippen LogP) is 7.85. The molecule has 5 rings (SSSR count). The van der Waals surface area contributed by atoms with Crippen LogP contribution in [-0.4, -0.2) is 31.5 Å². The molecule has 3 heterocycles. The van der Waals surface area contributed by atoms with Crippen LogP contribution >= 0.6 is 24.0 Å². The summed E-state index contributed by atoms with van der Waals surface area (Å²) >= 11 is 6.93. The van der Waals surface area contributed by atoms with Crippen molar-refractivity contribution in [2.45, 2.75) is 45.4 Å². The smallest absolute Gasteiger partial charge is 0.266 e. The third kappa shape index (κ3) is 5.32. The van der Waals surface area contributed by atoms with Crippen LogP contribution in [0.3, 0.4) is 0 Å². The van der Waals surface area contributed by atoms with E-state index in [0.29, 0.717) is 27.2 Å². The maximum atomic E-state index is 13.3. The van der Waals surface area contributed by atoms with Gasteiger partial charge in [-0.2, -0.15) is 5.10 Å². The quantitative estimate of drug-likeness (QED) is 0.122. The van der Waals surface area contributed by atoms with Crippen LogP contribution in [0.2, 0.25) is 0 Å². The van der Waals surface area contributed by atoms with Crippen LogP contribution < -0.4 is 0 Å². The molecule has 0 bridgehead atoms. The zero-order valence-corrected chi connectivity index (χ0v) is 22.0. The van der Waals surface area contributed by atoms with Gasteiger partial charge in [0.2, 0.25) is 0 Å². The molecule has 1 aliphatic rings. The van der Waals surface area contributed by atoms with Crippen molar-refractivity contribution in [3.63, 3.8) is 0 Å². The second-order valence-corrected chi connectivity index (χ2v) is 10.6. The summed E-state index contributed by atoms with van der Waals surface area (Å²) in [6, 6.07) is 19.8. The van der Waals surface area contributed by atoms with Gasteiger partial charge in [-0.25, -0.2) is 4.68 Å². The first kappa shape index (κ1) is 24.5. The van der Waals surface area contributed by atoms with Gasteiger partial charge < -0.3 is 4.42 Å². The lowest BCUT2D eigenvalue weighted by atomic mass is 10.1. The Bertz CT molecular complexity index is 1370. The molecular weight excluding hydrogens is 486 g/mol. The van der Waals surface area contributed by atoms with Gasteiger partial charge in [0.05, 0.1) is 10.6 Å². The number of hydrogen-bond donors (Lipinski definition) is 0. The summed E-state index contributed by atoms with van der Waals surface area (Å²) < 4.78 is 8.59. The third-order valence-corrected chi connectivity index (χ3v) is 7.70. The summed E-state index contributed by atoms with van der Waals surface area (Å²) in [6.07, 6.45) is 10.9. The Morgan fingerprint density at radius 2 is 1.75 bits per heavy atom. The highest BCUT2D eigenvalue weighted by molar-refractivity contribution is 8.26. The van der Waals surface area contributed by atoms with Gasteiger partial charge in [0, 0.05) is 23.7 Å². The molecule has 184 valence electrons. The molecule has 2 aromatic heterocycles. The number of amides is 1. The Morgan fingerprint density at radius 1 is 1.00 bits per heavy atom. The summed E-state index contributed by atoms with van der Waals surface area (Å²) in [4.78, 5) is 15.6. The van der Waals surface area contributed by atoms with Crippen LogP contribution in [0.25, 0.3) is 34.2 Å². The number of unbranched alkanes of at least 4 members (excludes halogenated alkanes) is 5. The number of nitrogens with zero attached hydrogens (tertiary/aromatic N) is 3. The zero-order valence-electron chi connectivity index (χ0n) is 20.4. The fourth-order valence-corrected chi connectivity index (χ4v) is 5.68. The normalized spacial score (nSPS) is 15.0. The molecule has 4 aromatic rings. The van der Waals surface area contributed by atoms with Crippen molar-refractivity contribution in [2.24, 2.45) is 0 Å². The molecule has 0 unspecified atom stereocenters. The monoisotopic (exact) mass is 515 g/mol. The molecule has 2 aromatic carbocycles. The number of benzene rings is 2. The number of carbonyl (C=O) groups excluding carboxylic acids is 1. The highest BCUT2D eigenvalue weighted by Gasteiger charge is 2.32. The highest BCUT2D eigenvalue weighted by atomic mass is 32.2. The van der Waals surface area contributed by atoms with Gasteiger partial charge >= 0.3 is 0 Å². The van der Waals surface area contributed by atoms with Crippen molar-refractivity contribution >= 4 is 51.3 Å². The van der Waals surface area contributed by atoms with E-state index in [1.165, 1.54) is 37.4 Å². The van der Waals surface area contributed by atoms with E-state index in [0.717, 1.165) is 35.1 Å². The standard InChI is InChI=1S/C29H29N3O2S2/c1-2-3-4-5-6-12-17-31-28(33)26(36-29(31)35)19-22-20-32(23-14-8-7-9-15-23)30-27(22)25-18-21-13-10-11-16-24(21)34-25/h7-11,13-16,18-20H,2-6,12,17H2,1H3. The molecule has 36 heavy (non-hydrogen) atoms. The van der Waals surface area contributed by atoms with E-state index in [-0.39, 0.29) is 5.91 Å². The van der Waals surface area contributed by atoms with Crippen molar-refractivity contribution in [1.29, 1.82) is 0 Å². The van der Waals surface area contributed by atoms with Crippen LogP contribution in [-0.2, 0) is 4.79 Å². The van der Waals surface area contributed by atoms with Crippen molar-refractivity contribution < 1.29 is 9.21 Å². The molecule has 7 heteroatoms. The minimum Gasteiger partial charge on any atom is -0.454 e. The van der Waals surface area contributed by atoms with Crippen LogP contribution in [0.1, 0.15) is 51.0 Å². The van der Waals surface area contributed by atoms with E-state index in [1.807, 2.05) is 77.6 Å². The second-order valence-electron chi connectivity index (χ2n) is 8.96. The first-order chi connectivity index (χ1) is 17.6. The molecule has 0 saturated carbocycles. The van der Waals surface area contributed by atoms with E-state index in [2.05, 4.69) is 6.92 Å². The number of furan rings is 1. The summed E-state index contributed by atoms with van der Waals surface area (Å²) in [5.74, 6) is 0.640. The summed E-state index contributed by atoms with van der Waals surface area (Å²) in [5.41, 5.74) is 3.25. The summed E-state index contributed by atoms with van der Waals surface area (Å²) in [5, 5.41) is 5.86. The van der Waals surface area contributed by atoms with Gasteiger partial charge in [0.15, 0.2) is 5.76 Å². The van der Waals surface area contributed by atoms with Gasteiger partial charge in [0.25, 0.3) is 5.91 Å². The van der Waals surface area contributed by atoms with E-state index >= 15 is 0 Å². The topological polar surface area (TPSA) is 51.3 Å². The second kappa shape index (κ2) is 11.3. The third-order valence-electron chi connectivity index (χ3n) is 6.32. The summed E-state index contributed by atoms with van der Waals surface area (Å²) in [7, 11) is 0. The minimum absolute atomic E-state index is 0.0263. The van der Waals surface area contributed by atoms with Gasteiger partial charge in [-0.05, 0) is 36.8 Å². The van der Waals surface area contributed by atoms with Gasteiger partial charge in [-0.15, -0.1) is 0 Å². The zero-order chi connectivity index (χ0) is 24.9.